The lowest BCUT2D eigenvalue weighted by atomic mass is 10.3. The fraction of sp³-hybridized carbons (Fsp3) is 0.111. The monoisotopic (exact) mass is 246 g/mol. The van der Waals surface area contributed by atoms with Gasteiger partial charge in [0.25, 0.3) is 0 Å². The molecule has 0 aliphatic carbocycles. The summed E-state index contributed by atoms with van der Waals surface area (Å²) in [5.41, 5.74) is 0. The number of halogens is 1. The molecular formula is C9H7ClS3. The van der Waals surface area contributed by atoms with Gasteiger partial charge in [0.2, 0.25) is 0 Å². The van der Waals surface area contributed by atoms with Gasteiger partial charge in [0, 0.05) is 30.3 Å². The molecule has 13 heavy (non-hydrogen) atoms. The van der Waals surface area contributed by atoms with Crippen molar-refractivity contribution in [1.82, 2.24) is 0 Å². The van der Waals surface area contributed by atoms with Crippen molar-refractivity contribution in [2.45, 2.75) is 9.79 Å². The van der Waals surface area contributed by atoms with Gasteiger partial charge in [0.15, 0.2) is 0 Å². The van der Waals surface area contributed by atoms with Gasteiger partial charge in [0.1, 0.15) is 0 Å². The zero-order valence-electron chi connectivity index (χ0n) is 6.87. The summed E-state index contributed by atoms with van der Waals surface area (Å²) in [6.07, 6.45) is 2.07. The quantitative estimate of drug-likeness (QED) is 0.568. The minimum absolute atomic E-state index is 0.756. The molecule has 68 valence electrons. The average molecular weight is 247 g/mol. The third-order valence-electron chi connectivity index (χ3n) is 1.80. The first-order valence-corrected chi connectivity index (χ1v) is 6.59. The van der Waals surface area contributed by atoms with E-state index in [1.54, 1.807) is 23.1 Å². The Morgan fingerprint density at radius 2 is 2.23 bits per heavy atom. The van der Waals surface area contributed by atoms with E-state index in [0.717, 1.165) is 9.92 Å². The predicted molar refractivity (Wildman–Crippen MR) is 65.9 cm³/mol. The summed E-state index contributed by atoms with van der Waals surface area (Å²) in [5.74, 6) is 0. The largest absolute Gasteiger partial charge is 0.142 e. The summed E-state index contributed by atoms with van der Waals surface area (Å²) >= 11 is 13.8. The van der Waals surface area contributed by atoms with Crippen molar-refractivity contribution in [3.63, 3.8) is 0 Å². The Kier molecular flexibility index (Phi) is 2.79. The number of hydrogen-bond donors (Lipinski definition) is 1. The molecule has 0 nitrogen and oxygen atoms in total. The second kappa shape index (κ2) is 3.73. The number of thioether (sulfide) groups is 1. The first-order valence-electron chi connectivity index (χ1n) is 3.66. The lowest BCUT2D eigenvalue weighted by Gasteiger charge is -1.98. The maximum Gasteiger partial charge on any atom is 0.0488 e. The lowest BCUT2D eigenvalue weighted by Crippen LogP contribution is -1.70. The minimum Gasteiger partial charge on any atom is -0.142 e. The highest BCUT2D eigenvalue weighted by Gasteiger charge is 2.06. The Balaban J connectivity index is 2.82. The van der Waals surface area contributed by atoms with E-state index in [-0.39, 0.29) is 0 Å². The molecular weight excluding hydrogens is 240 g/mol. The van der Waals surface area contributed by atoms with E-state index in [1.807, 2.05) is 12.1 Å². The van der Waals surface area contributed by atoms with Crippen molar-refractivity contribution in [3.8, 4) is 0 Å². The van der Waals surface area contributed by atoms with E-state index in [1.165, 1.54) is 15.0 Å². The summed E-state index contributed by atoms with van der Waals surface area (Å²) in [4.78, 5) is 2.24. The first-order chi connectivity index (χ1) is 6.22. The zero-order chi connectivity index (χ0) is 9.42. The fourth-order valence-electron chi connectivity index (χ4n) is 1.22. The van der Waals surface area contributed by atoms with Gasteiger partial charge in [-0.15, -0.1) is 35.7 Å². The van der Waals surface area contributed by atoms with Crippen LogP contribution in [0.2, 0.25) is 5.02 Å². The lowest BCUT2D eigenvalue weighted by molar-refractivity contribution is 1.57. The molecule has 0 bridgehead atoms. The second-order valence-electron chi connectivity index (χ2n) is 2.61. The normalized spacial score (nSPS) is 11.0. The van der Waals surface area contributed by atoms with Crippen LogP contribution < -0.4 is 0 Å². The third kappa shape index (κ3) is 1.71. The maximum atomic E-state index is 5.96. The van der Waals surface area contributed by atoms with Crippen LogP contribution in [0.15, 0.2) is 27.3 Å². The molecule has 0 spiro atoms. The molecule has 0 N–H and O–H groups in total. The average Bonchev–Trinajstić information content (AvgIpc) is 2.47. The molecule has 1 aromatic heterocycles. The first kappa shape index (κ1) is 9.71. The Morgan fingerprint density at radius 1 is 1.46 bits per heavy atom. The number of hydrogen-bond acceptors (Lipinski definition) is 3. The molecule has 2 rings (SSSR count). The van der Waals surface area contributed by atoms with Crippen LogP contribution in [-0.2, 0) is 0 Å². The summed E-state index contributed by atoms with van der Waals surface area (Å²) < 4.78 is 1.22. The highest BCUT2D eigenvalue weighted by atomic mass is 35.5. The molecule has 0 amide bonds. The van der Waals surface area contributed by atoms with E-state index < -0.39 is 0 Å². The summed E-state index contributed by atoms with van der Waals surface area (Å²) in [6, 6.07) is 3.88. The van der Waals surface area contributed by atoms with Crippen molar-refractivity contribution in [1.29, 1.82) is 0 Å². The molecule has 0 saturated heterocycles. The highest BCUT2D eigenvalue weighted by molar-refractivity contribution is 7.99. The second-order valence-corrected chi connectivity index (χ2v) is 5.25. The number of thiophene rings is 1. The van der Waals surface area contributed by atoms with Crippen molar-refractivity contribution in [2.75, 3.05) is 6.26 Å². The predicted octanol–water partition coefficient (Wildman–Crippen LogP) is 4.57. The van der Waals surface area contributed by atoms with E-state index in [4.69, 9.17) is 11.6 Å². The van der Waals surface area contributed by atoms with Crippen LogP contribution in [0, 0.1) is 0 Å². The number of rotatable bonds is 1. The summed E-state index contributed by atoms with van der Waals surface area (Å²) in [6.45, 7) is 0. The van der Waals surface area contributed by atoms with Crippen LogP contribution in [-0.4, -0.2) is 6.26 Å². The van der Waals surface area contributed by atoms with Crippen LogP contribution in [0.1, 0.15) is 0 Å². The topological polar surface area (TPSA) is 0 Å². The highest BCUT2D eigenvalue weighted by Crippen LogP contribution is 2.37. The third-order valence-corrected chi connectivity index (χ3v) is 4.48. The van der Waals surface area contributed by atoms with Crippen molar-refractivity contribution < 1.29 is 0 Å². The van der Waals surface area contributed by atoms with Gasteiger partial charge in [0.05, 0.1) is 0 Å². The van der Waals surface area contributed by atoms with Crippen LogP contribution in [0.4, 0.5) is 0 Å². The van der Waals surface area contributed by atoms with Gasteiger partial charge in [-0.25, -0.2) is 0 Å². The van der Waals surface area contributed by atoms with Gasteiger partial charge in [-0.3, -0.25) is 0 Å². The molecule has 0 aliphatic rings. The number of benzene rings is 1. The molecule has 2 aromatic rings. The van der Waals surface area contributed by atoms with Crippen LogP contribution >= 0.6 is 47.3 Å². The van der Waals surface area contributed by atoms with E-state index >= 15 is 0 Å². The van der Waals surface area contributed by atoms with E-state index in [9.17, 15) is 0 Å². The van der Waals surface area contributed by atoms with Crippen molar-refractivity contribution in [3.05, 3.63) is 22.5 Å². The van der Waals surface area contributed by atoms with Crippen molar-refractivity contribution in [2.24, 2.45) is 0 Å². The van der Waals surface area contributed by atoms with Gasteiger partial charge in [-0.1, -0.05) is 11.6 Å². The molecule has 1 heterocycles. The maximum absolute atomic E-state index is 5.96. The SMILES string of the molecule is CSc1csc2c(S)cc(Cl)cc12. The Labute approximate surface area is 95.7 Å². The molecule has 0 aliphatic heterocycles. The van der Waals surface area contributed by atoms with Gasteiger partial charge < -0.3 is 0 Å². The smallest absolute Gasteiger partial charge is 0.0488 e. The van der Waals surface area contributed by atoms with Gasteiger partial charge >= 0.3 is 0 Å². The standard InChI is InChI=1S/C9H7ClS3/c1-12-8-4-13-9-6(8)2-5(10)3-7(9)11/h2-4,11H,1H3. The zero-order valence-corrected chi connectivity index (χ0v) is 10.2. The Hall–Kier alpha value is 0.170. The molecule has 4 heteroatoms. The molecule has 0 unspecified atom stereocenters. The molecule has 0 saturated carbocycles. The fourth-order valence-corrected chi connectivity index (χ4v) is 3.73. The number of fused-ring (bicyclic) bond motifs is 1. The molecule has 0 fully saturated rings. The minimum atomic E-state index is 0.756. The van der Waals surface area contributed by atoms with Gasteiger partial charge in [-0.05, 0) is 18.4 Å². The Morgan fingerprint density at radius 3 is 2.92 bits per heavy atom. The Bertz CT molecular complexity index is 447. The van der Waals surface area contributed by atoms with Crippen LogP contribution in [0.5, 0.6) is 0 Å². The van der Waals surface area contributed by atoms with Crippen LogP contribution in [0.3, 0.4) is 0 Å². The van der Waals surface area contributed by atoms with E-state index in [0.29, 0.717) is 0 Å². The summed E-state index contributed by atoms with van der Waals surface area (Å²) in [7, 11) is 0. The molecule has 0 radical (unpaired) electrons. The molecule has 0 atom stereocenters. The van der Waals surface area contributed by atoms with E-state index in [2.05, 4.69) is 24.3 Å². The number of thiol groups is 1. The molecule has 1 aromatic carbocycles. The van der Waals surface area contributed by atoms with Crippen LogP contribution in [0.25, 0.3) is 10.1 Å². The summed E-state index contributed by atoms with van der Waals surface area (Å²) in [5, 5.41) is 4.12. The van der Waals surface area contributed by atoms with Gasteiger partial charge in [-0.2, -0.15) is 0 Å². The van der Waals surface area contributed by atoms with Crippen molar-refractivity contribution >= 4 is 57.4 Å².